The lowest BCUT2D eigenvalue weighted by molar-refractivity contribution is -0.125. The van der Waals surface area contributed by atoms with Crippen LogP contribution in [-0.4, -0.2) is 44.2 Å². The normalized spacial score (nSPS) is 17.3. The van der Waals surface area contributed by atoms with E-state index in [2.05, 4.69) is 10.6 Å². The molecule has 2 N–H and O–H groups in total. The Morgan fingerprint density at radius 3 is 2.52 bits per heavy atom. The van der Waals surface area contributed by atoms with Crippen LogP contribution in [0.4, 0.5) is 0 Å². The van der Waals surface area contributed by atoms with Gasteiger partial charge in [0.2, 0.25) is 0 Å². The van der Waals surface area contributed by atoms with Crippen molar-refractivity contribution in [2.24, 2.45) is 0 Å². The third-order valence-electron chi connectivity index (χ3n) is 3.65. The summed E-state index contributed by atoms with van der Waals surface area (Å²) in [5.41, 5.74) is 2.11. The monoisotopic (exact) mass is 335 g/mol. The molecule has 1 atom stereocenters. The molecule has 1 aliphatic rings. The second kappa shape index (κ2) is 6.87. The fourth-order valence-electron chi connectivity index (χ4n) is 2.59. The number of nitrogens with zero attached hydrogens (tertiary/aromatic N) is 1. The van der Waals surface area contributed by atoms with Gasteiger partial charge in [0, 0.05) is 25.4 Å². The summed E-state index contributed by atoms with van der Waals surface area (Å²) in [5.74, 6) is 1.08. The number of hydrogen-bond donors (Lipinski definition) is 2. The summed E-state index contributed by atoms with van der Waals surface area (Å²) in [6, 6.07) is 5.15. The predicted molar refractivity (Wildman–Crippen MR) is 92.6 cm³/mol. The van der Waals surface area contributed by atoms with Crippen LogP contribution in [0.25, 0.3) is 0 Å². The summed E-state index contributed by atoms with van der Waals surface area (Å²) in [7, 11) is 6.59. The second-order valence-electron chi connectivity index (χ2n) is 5.35. The van der Waals surface area contributed by atoms with Crippen molar-refractivity contribution in [3.8, 4) is 11.5 Å². The van der Waals surface area contributed by atoms with E-state index >= 15 is 0 Å². The van der Waals surface area contributed by atoms with Gasteiger partial charge in [0.25, 0.3) is 5.91 Å². The van der Waals surface area contributed by atoms with E-state index in [9.17, 15) is 4.79 Å². The Labute approximate surface area is 141 Å². The average Bonchev–Trinajstić information content (AvgIpc) is 2.52. The van der Waals surface area contributed by atoms with Crippen LogP contribution in [0.1, 0.15) is 18.5 Å². The lowest BCUT2D eigenvalue weighted by atomic mass is 9.93. The van der Waals surface area contributed by atoms with Gasteiger partial charge in [-0.15, -0.1) is 0 Å². The summed E-state index contributed by atoms with van der Waals surface area (Å²) in [4.78, 5) is 14.2. The van der Waals surface area contributed by atoms with Crippen LogP contribution in [0.2, 0.25) is 0 Å². The summed E-state index contributed by atoms with van der Waals surface area (Å²) >= 11 is 5.25. The highest BCUT2D eigenvalue weighted by molar-refractivity contribution is 7.80. The third-order valence-corrected chi connectivity index (χ3v) is 3.87. The molecule has 0 fully saturated rings. The average molecular weight is 335 g/mol. The van der Waals surface area contributed by atoms with E-state index in [-0.39, 0.29) is 5.91 Å². The number of rotatable bonds is 4. The minimum Gasteiger partial charge on any atom is -0.493 e. The van der Waals surface area contributed by atoms with E-state index in [0.29, 0.717) is 22.2 Å². The molecule has 0 radical (unpaired) electrons. The predicted octanol–water partition coefficient (Wildman–Crippen LogP) is 1.58. The maximum Gasteiger partial charge on any atom is 0.253 e. The Morgan fingerprint density at radius 2 is 1.96 bits per heavy atom. The van der Waals surface area contributed by atoms with Crippen molar-refractivity contribution in [2.45, 2.75) is 13.0 Å². The molecule has 0 bridgehead atoms. The minimum absolute atomic E-state index is 0.0973. The van der Waals surface area contributed by atoms with Crippen LogP contribution in [0, 0.1) is 0 Å². The molecule has 0 saturated heterocycles. The van der Waals surface area contributed by atoms with E-state index in [0.717, 1.165) is 11.3 Å². The smallest absolute Gasteiger partial charge is 0.253 e. The van der Waals surface area contributed by atoms with E-state index in [1.165, 1.54) is 4.90 Å². The standard InChI is InChI=1S/C16H21N3O3S/c1-9-12(15(20)19(2)3)13(18-16(23)17-9)10-7-6-8-11(21-4)14(10)22-5/h6-8,13H,1-5H3,(H2,17,18,23)/t13-/m1/s1. The van der Waals surface area contributed by atoms with Gasteiger partial charge in [-0.1, -0.05) is 12.1 Å². The number of ether oxygens (including phenoxy) is 2. The van der Waals surface area contributed by atoms with Crippen LogP contribution in [0.3, 0.4) is 0 Å². The van der Waals surface area contributed by atoms with Crippen LogP contribution in [-0.2, 0) is 4.79 Å². The van der Waals surface area contributed by atoms with Crippen molar-refractivity contribution in [1.82, 2.24) is 15.5 Å². The van der Waals surface area contributed by atoms with Gasteiger partial charge in [-0.05, 0) is 25.2 Å². The Kier molecular flexibility index (Phi) is 5.10. The molecule has 0 unspecified atom stereocenters. The molecular weight excluding hydrogens is 314 g/mol. The van der Waals surface area contributed by atoms with Crippen molar-refractivity contribution in [3.63, 3.8) is 0 Å². The minimum atomic E-state index is -0.413. The number of thiocarbonyl (C=S) groups is 1. The summed E-state index contributed by atoms with van der Waals surface area (Å²) < 4.78 is 10.9. The van der Waals surface area contributed by atoms with Crippen molar-refractivity contribution >= 4 is 23.2 Å². The van der Waals surface area contributed by atoms with Gasteiger partial charge >= 0.3 is 0 Å². The van der Waals surface area contributed by atoms with Crippen LogP contribution < -0.4 is 20.1 Å². The summed E-state index contributed by atoms with van der Waals surface area (Å²) in [6.07, 6.45) is 0. The quantitative estimate of drug-likeness (QED) is 0.815. The Bertz CT molecular complexity index is 671. The first-order chi connectivity index (χ1) is 10.9. The summed E-state index contributed by atoms with van der Waals surface area (Å²) in [6.45, 7) is 1.84. The number of likely N-dealkylation sites (N-methyl/N-ethyl adjacent to an activating group) is 1. The number of benzene rings is 1. The van der Waals surface area contributed by atoms with Crippen molar-refractivity contribution in [2.75, 3.05) is 28.3 Å². The van der Waals surface area contributed by atoms with E-state index < -0.39 is 6.04 Å². The molecule has 0 aliphatic carbocycles. The molecule has 0 aromatic heterocycles. The van der Waals surface area contributed by atoms with Crippen LogP contribution in [0.5, 0.6) is 11.5 Å². The molecule has 1 aliphatic heterocycles. The van der Waals surface area contributed by atoms with Gasteiger partial charge in [-0.3, -0.25) is 4.79 Å². The highest BCUT2D eigenvalue weighted by Gasteiger charge is 2.33. The second-order valence-corrected chi connectivity index (χ2v) is 5.76. The Morgan fingerprint density at radius 1 is 1.26 bits per heavy atom. The zero-order chi connectivity index (χ0) is 17.1. The Balaban J connectivity index is 2.62. The van der Waals surface area contributed by atoms with Crippen molar-refractivity contribution < 1.29 is 14.3 Å². The molecule has 1 aromatic carbocycles. The molecule has 1 amide bonds. The first-order valence-corrected chi connectivity index (χ1v) is 7.52. The SMILES string of the molecule is COc1cccc([C@H]2NC(=S)NC(C)=C2C(=O)N(C)C)c1OC. The van der Waals surface area contributed by atoms with Crippen molar-refractivity contribution in [3.05, 3.63) is 35.0 Å². The lowest BCUT2D eigenvalue weighted by Gasteiger charge is -2.32. The van der Waals surface area contributed by atoms with Gasteiger partial charge in [-0.25, -0.2) is 0 Å². The van der Waals surface area contributed by atoms with Crippen LogP contribution in [0.15, 0.2) is 29.5 Å². The summed E-state index contributed by atoms with van der Waals surface area (Å²) in [5, 5.41) is 6.63. The number of amides is 1. The highest BCUT2D eigenvalue weighted by Crippen LogP contribution is 2.39. The van der Waals surface area contributed by atoms with Gasteiger partial charge < -0.3 is 25.0 Å². The molecule has 1 heterocycles. The van der Waals surface area contributed by atoms with E-state index in [1.54, 1.807) is 28.3 Å². The number of allylic oxidation sites excluding steroid dienone is 1. The number of hydrogen-bond acceptors (Lipinski definition) is 4. The largest absolute Gasteiger partial charge is 0.493 e. The lowest BCUT2D eigenvalue weighted by Crippen LogP contribution is -2.46. The van der Waals surface area contributed by atoms with E-state index in [1.807, 2.05) is 25.1 Å². The molecule has 7 heteroatoms. The van der Waals surface area contributed by atoms with Gasteiger partial charge in [0.1, 0.15) is 0 Å². The van der Waals surface area contributed by atoms with Gasteiger partial charge in [0.05, 0.1) is 25.8 Å². The molecule has 124 valence electrons. The van der Waals surface area contributed by atoms with Crippen molar-refractivity contribution in [1.29, 1.82) is 0 Å². The maximum absolute atomic E-state index is 12.6. The third kappa shape index (κ3) is 3.24. The first-order valence-electron chi connectivity index (χ1n) is 7.11. The number of nitrogens with one attached hydrogen (secondary N) is 2. The molecule has 6 nitrogen and oxygen atoms in total. The molecule has 23 heavy (non-hydrogen) atoms. The fourth-order valence-corrected chi connectivity index (χ4v) is 2.86. The van der Waals surface area contributed by atoms with Gasteiger partial charge in [0.15, 0.2) is 16.6 Å². The molecule has 0 spiro atoms. The first kappa shape index (κ1) is 17.1. The molecule has 1 aromatic rings. The zero-order valence-electron chi connectivity index (χ0n) is 13.9. The molecular formula is C16H21N3O3S. The Hall–Kier alpha value is -2.28. The number of methoxy groups -OCH3 is 2. The van der Waals surface area contributed by atoms with Crippen LogP contribution >= 0.6 is 12.2 Å². The molecule has 0 saturated carbocycles. The topological polar surface area (TPSA) is 62.8 Å². The number of carbonyl (C=O) groups is 1. The van der Waals surface area contributed by atoms with E-state index in [4.69, 9.17) is 21.7 Å². The number of para-hydroxylation sites is 1. The number of carbonyl (C=O) groups excluding carboxylic acids is 1. The highest BCUT2D eigenvalue weighted by atomic mass is 32.1. The maximum atomic E-state index is 12.6. The zero-order valence-corrected chi connectivity index (χ0v) is 14.7. The molecule has 2 rings (SSSR count). The van der Waals surface area contributed by atoms with Gasteiger partial charge in [-0.2, -0.15) is 0 Å². The fraction of sp³-hybridized carbons (Fsp3) is 0.375.